The summed E-state index contributed by atoms with van der Waals surface area (Å²) in [5.41, 5.74) is 7.29. The minimum Gasteiger partial charge on any atom is -0.371 e. The van der Waals surface area contributed by atoms with Crippen molar-refractivity contribution in [2.75, 3.05) is 18.5 Å². The van der Waals surface area contributed by atoms with Gasteiger partial charge >= 0.3 is 0 Å². The van der Waals surface area contributed by atoms with Crippen molar-refractivity contribution in [2.45, 2.75) is 33.7 Å². The van der Waals surface area contributed by atoms with Crippen LogP contribution in [0.5, 0.6) is 0 Å². The number of likely N-dealkylation sites (N-methyl/N-ethyl adjacent to an activating group) is 1. The van der Waals surface area contributed by atoms with E-state index < -0.39 is 16.7 Å². The van der Waals surface area contributed by atoms with E-state index in [0.29, 0.717) is 5.56 Å². The zero-order valence-electron chi connectivity index (χ0n) is 15.4. The van der Waals surface area contributed by atoms with Crippen LogP contribution >= 0.6 is 11.6 Å². The summed E-state index contributed by atoms with van der Waals surface area (Å²) in [6.45, 7) is 8.13. The van der Waals surface area contributed by atoms with Crippen LogP contribution in [-0.2, 0) is 13.0 Å². The number of hydrogen-bond acceptors (Lipinski definition) is 1. The zero-order valence-corrected chi connectivity index (χ0v) is 16.1. The van der Waals surface area contributed by atoms with E-state index in [1.807, 2.05) is 0 Å². The SMILES string of the molecule is CCc1c(C)c2c3c(cc(C)n3CCN2C)c1-c1cc(F)c(Cl)c(F)c1. The summed E-state index contributed by atoms with van der Waals surface area (Å²) in [5, 5.41) is 0.596. The first-order valence-corrected chi connectivity index (χ1v) is 9.24. The van der Waals surface area contributed by atoms with Crippen molar-refractivity contribution in [2.24, 2.45) is 0 Å². The topological polar surface area (TPSA) is 8.17 Å². The van der Waals surface area contributed by atoms with E-state index in [1.54, 1.807) is 0 Å². The summed E-state index contributed by atoms with van der Waals surface area (Å²) in [4.78, 5) is 2.28. The molecule has 26 heavy (non-hydrogen) atoms. The molecule has 0 fully saturated rings. The quantitative estimate of drug-likeness (QED) is 0.509. The Morgan fingerprint density at radius 2 is 1.73 bits per heavy atom. The first kappa shape index (κ1) is 17.3. The monoisotopic (exact) mass is 374 g/mol. The van der Waals surface area contributed by atoms with E-state index in [0.717, 1.165) is 47.2 Å². The molecule has 1 aromatic heterocycles. The van der Waals surface area contributed by atoms with Crippen molar-refractivity contribution in [1.29, 1.82) is 0 Å². The Hall–Kier alpha value is -2.07. The highest BCUT2D eigenvalue weighted by atomic mass is 35.5. The summed E-state index contributed by atoms with van der Waals surface area (Å²) >= 11 is 5.70. The van der Waals surface area contributed by atoms with Gasteiger partial charge < -0.3 is 9.47 Å². The van der Waals surface area contributed by atoms with E-state index in [4.69, 9.17) is 11.6 Å². The highest BCUT2D eigenvalue weighted by Gasteiger charge is 2.26. The van der Waals surface area contributed by atoms with Crippen LogP contribution in [-0.4, -0.2) is 18.2 Å². The number of aryl methyl sites for hydroxylation is 1. The van der Waals surface area contributed by atoms with Gasteiger partial charge in [0.05, 0.1) is 11.2 Å². The normalized spacial score (nSPS) is 13.7. The van der Waals surface area contributed by atoms with E-state index >= 15 is 0 Å². The smallest absolute Gasteiger partial charge is 0.145 e. The first-order chi connectivity index (χ1) is 12.3. The molecule has 4 rings (SSSR count). The number of aromatic nitrogens is 1. The molecule has 1 aliphatic rings. The molecule has 2 nitrogen and oxygen atoms in total. The molecule has 0 atom stereocenters. The fraction of sp³-hybridized carbons (Fsp3) is 0.333. The van der Waals surface area contributed by atoms with Crippen molar-refractivity contribution < 1.29 is 8.78 Å². The van der Waals surface area contributed by atoms with Gasteiger partial charge in [0.2, 0.25) is 0 Å². The molecule has 0 aliphatic carbocycles. The van der Waals surface area contributed by atoms with Crippen LogP contribution < -0.4 is 4.90 Å². The zero-order chi connectivity index (χ0) is 18.7. The summed E-state index contributed by atoms with van der Waals surface area (Å²) in [6, 6.07) is 4.83. The van der Waals surface area contributed by atoms with Gasteiger partial charge in [0, 0.05) is 31.2 Å². The number of rotatable bonds is 2. The second-order valence-corrected chi connectivity index (χ2v) is 7.43. The van der Waals surface area contributed by atoms with Crippen LogP contribution in [0.4, 0.5) is 14.5 Å². The molecule has 0 saturated heterocycles. The lowest BCUT2D eigenvalue weighted by Gasteiger charge is -2.31. The molecular weight excluding hydrogens is 354 g/mol. The molecule has 1 aliphatic heterocycles. The van der Waals surface area contributed by atoms with Gasteiger partial charge in [0.1, 0.15) is 16.7 Å². The highest BCUT2D eigenvalue weighted by molar-refractivity contribution is 6.31. The molecule has 0 N–H and O–H groups in total. The lowest BCUT2D eigenvalue weighted by atomic mass is 9.89. The molecule has 5 heteroatoms. The summed E-state index contributed by atoms with van der Waals surface area (Å²) in [6.07, 6.45) is 0.786. The van der Waals surface area contributed by atoms with Crippen molar-refractivity contribution in [3.8, 4) is 11.1 Å². The molecule has 136 valence electrons. The molecule has 0 amide bonds. The molecule has 2 heterocycles. The number of anilines is 1. The number of nitrogens with zero attached hydrogens (tertiary/aromatic N) is 2. The molecule has 0 unspecified atom stereocenters. The van der Waals surface area contributed by atoms with Crippen molar-refractivity contribution in [3.05, 3.63) is 51.7 Å². The first-order valence-electron chi connectivity index (χ1n) is 8.86. The van der Waals surface area contributed by atoms with Gasteiger partial charge in [-0.15, -0.1) is 0 Å². The average molecular weight is 375 g/mol. The molecule has 0 bridgehead atoms. The predicted molar refractivity (Wildman–Crippen MR) is 104 cm³/mol. The van der Waals surface area contributed by atoms with Gasteiger partial charge in [-0.2, -0.15) is 0 Å². The van der Waals surface area contributed by atoms with E-state index in [-0.39, 0.29) is 0 Å². The van der Waals surface area contributed by atoms with Gasteiger partial charge in [-0.3, -0.25) is 0 Å². The van der Waals surface area contributed by atoms with Gasteiger partial charge in [-0.05, 0) is 60.7 Å². The fourth-order valence-electron chi connectivity index (χ4n) is 4.38. The second-order valence-electron chi connectivity index (χ2n) is 7.06. The molecular formula is C21H21ClF2N2. The molecule has 0 spiro atoms. The Morgan fingerprint density at radius 1 is 1.08 bits per heavy atom. The van der Waals surface area contributed by atoms with Crippen LogP contribution in [0.25, 0.3) is 22.0 Å². The minimum absolute atomic E-state index is 0.453. The lowest BCUT2D eigenvalue weighted by Crippen LogP contribution is -2.29. The predicted octanol–water partition coefficient (Wildman–Crippen LogP) is 5.87. The van der Waals surface area contributed by atoms with Crippen LogP contribution in [0.1, 0.15) is 23.7 Å². The largest absolute Gasteiger partial charge is 0.371 e. The van der Waals surface area contributed by atoms with Crippen LogP contribution in [0, 0.1) is 25.5 Å². The van der Waals surface area contributed by atoms with Crippen LogP contribution in [0.15, 0.2) is 18.2 Å². The number of halogens is 3. The maximum absolute atomic E-state index is 14.2. The summed E-state index contributed by atoms with van der Waals surface area (Å²) in [7, 11) is 2.11. The molecule has 0 radical (unpaired) electrons. The third-order valence-electron chi connectivity index (χ3n) is 5.57. The van der Waals surface area contributed by atoms with Crippen molar-refractivity contribution >= 4 is 28.2 Å². The van der Waals surface area contributed by atoms with Gasteiger partial charge in [0.15, 0.2) is 0 Å². The number of hydrogen-bond donors (Lipinski definition) is 0. The standard InChI is InChI=1S/C21H21ClF2N2/c1-5-14-12(3)20-21-15(8-11(2)26(21)7-6-25(20)4)18(14)13-9-16(23)19(22)17(24)10-13/h8-10H,5-7H2,1-4H3. The maximum atomic E-state index is 14.2. The Morgan fingerprint density at radius 3 is 2.35 bits per heavy atom. The number of benzene rings is 2. The van der Waals surface area contributed by atoms with Crippen LogP contribution in [0.3, 0.4) is 0 Å². The molecule has 2 aromatic carbocycles. The van der Waals surface area contributed by atoms with Gasteiger partial charge in [-0.25, -0.2) is 8.78 Å². The molecule has 3 aromatic rings. The van der Waals surface area contributed by atoms with E-state index in [1.165, 1.54) is 23.4 Å². The van der Waals surface area contributed by atoms with Gasteiger partial charge in [0.25, 0.3) is 0 Å². The Balaban J connectivity index is 2.18. The van der Waals surface area contributed by atoms with E-state index in [9.17, 15) is 8.78 Å². The maximum Gasteiger partial charge on any atom is 0.145 e. The highest BCUT2D eigenvalue weighted by Crippen LogP contribution is 2.45. The minimum atomic E-state index is -0.723. The molecule has 0 saturated carbocycles. The van der Waals surface area contributed by atoms with Crippen LogP contribution in [0.2, 0.25) is 5.02 Å². The third-order valence-corrected chi connectivity index (χ3v) is 5.94. The third kappa shape index (κ3) is 2.28. The lowest BCUT2D eigenvalue weighted by molar-refractivity contribution is 0.585. The van der Waals surface area contributed by atoms with Gasteiger partial charge in [-0.1, -0.05) is 18.5 Å². The Bertz CT molecular complexity index is 1030. The average Bonchev–Trinajstić information content (AvgIpc) is 2.92. The second kappa shape index (κ2) is 5.98. The Kier molecular flexibility index (Phi) is 3.99. The van der Waals surface area contributed by atoms with Crippen molar-refractivity contribution in [1.82, 2.24) is 4.57 Å². The van der Waals surface area contributed by atoms with Crippen molar-refractivity contribution in [3.63, 3.8) is 0 Å². The fourth-order valence-corrected chi connectivity index (χ4v) is 4.49. The Labute approximate surface area is 157 Å². The summed E-state index contributed by atoms with van der Waals surface area (Å²) in [5.74, 6) is -1.45. The summed E-state index contributed by atoms with van der Waals surface area (Å²) < 4.78 is 30.7. The van der Waals surface area contributed by atoms with E-state index in [2.05, 4.69) is 43.4 Å².